The summed E-state index contributed by atoms with van der Waals surface area (Å²) in [6, 6.07) is 0. The van der Waals surface area contributed by atoms with Crippen LogP contribution in [0.25, 0.3) is 0 Å². The van der Waals surface area contributed by atoms with Gasteiger partial charge in [0.1, 0.15) is 16.8 Å². The van der Waals surface area contributed by atoms with Crippen molar-refractivity contribution in [3.05, 3.63) is 16.5 Å². The average molecular weight is 262 g/mol. The molecule has 0 fully saturated rings. The van der Waals surface area contributed by atoms with Gasteiger partial charge in [-0.2, -0.15) is 0 Å². The number of halogens is 1. The van der Waals surface area contributed by atoms with Crippen molar-refractivity contribution in [3.63, 3.8) is 0 Å². The number of hydrogen-bond acceptors (Lipinski definition) is 4. The van der Waals surface area contributed by atoms with Crippen LogP contribution in [0.5, 0.6) is 0 Å². The van der Waals surface area contributed by atoms with Crippen LogP contribution in [-0.4, -0.2) is 32.2 Å². The first kappa shape index (κ1) is 13.4. The summed E-state index contributed by atoms with van der Waals surface area (Å²) in [5, 5.41) is 3.60. The van der Waals surface area contributed by atoms with Crippen molar-refractivity contribution in [2.75, 3.05) is 23.4 Å². The Kier molecular flexibility index (Phi) is 5.15. The summed E-state index contributed by atoms with van der Waals surface area (Å²) in [6.07, 6.45) is 0. The van der Waals surface area contributed by atoms with Crippen LogP contribution in [0.2, 0.25) is 5.15 Å². The topological polar surface area (TPSA) is 54.9 Å². The van der Waals surface area contributed by atoms with Crippen molar-refractivity contribution in [1.29, 1.82) is 0 Å². The van der Waals surface area contributed by atoms with E-state index in [1.807, 2.05) is 13.8 Å². The van der Waals surface area contributed by atoms with Gasteiger partial charge in [-0.05, 0) is 13.8 Å². The van der Waals surface area contributed by atoms with Crippen LogP contribution in [0, 0.1) is 13.8 Å². The van der Waals surface area contributed by atoms with E-state index in [2.05, 4.69) is 15.3 Å². The predicted octanol–water partition coefficient (Wildman–Crippen LogP) is 1.93. The molecule has 0 radical (unpaired) electrons. The van der Waals surface area contributed by atoms with Crippen molar-refractivity contribution in [1.82, 2.24) is 9.97 Å². The Morgan fingerprint density at radius 3 is 2.69 bits per heavy atom. The molecule has 16 heavy (non-hydrogen) atoms. The molecule has 0 aromatic carbocycles. The monoisotopic (exact) mass is 261 g/mol. The van der Waals surface area contributed by atoms with Crippen molar-refractivity contribution >= 4 is 28.2 Å². The van der Waals surface area contributed by atoms with Gasteiger partial charge in [0.05, 0.1) is 0 Å². The molecule has 1 aromatic heterocycles. The minimum Gasteiger partial charge on any atom is -0.369 e. The number of nitrogens with zero attached hydrogens (tertiary/aromatic N) is 2. The number of anilines is 1. The number of aryl methyl sites for hydroxylation is 1. The molecule has 0 spiro atoms. The maximum atomic E-state index is 11.2. The van der Waals surface area contributed by atoms with Gasteiger partial charge in [0.25, 0.3) is 0 Å². The van der Waals surface area contributed by atoms with E-state index in [-0.39, 0.29) is 0 Å². The highest BCUT2D eigenvalue weighted by molar-refractivity contribution is 7.84. The molecular weight excluding hydrogens is 246 g/mol. The Morgan fingerprint density at radius 1 is 1.38 bits per heavy atom. The molecule has 0 saturated carbocycles. The summed E-state index contributed by atoms with van der Waals surface area (Å²) < 4.78 is 11.2. The van der Waals surface area contributed by atoms with Crippen molar-refractivity contribution in [3.8, 4) is 0 Å². The molecule has 0 aliphatic heterocycles. The van der Waals surface area contributed by atoms with Crippen LogP contribution in [0.15, 0.2) is 0 Å². The number of aromatic nitrogens is 2. The molecule has 1 heterocycles. The van der Waals surface area contributed by atoms with E-state index >= 15 is 0 Å². The lowest BCUT2D eigenvalue weighted by Gasteiger charge is -2.09. The maximum absolute atomic E-state index is 11.2. The van der Waals surface area contributed by atoms with Gasteiger partial charge in [-0.3, -0.25) is 4.21 Å². The normalized spacial score (nSPS) is 12.5. The van der Waals surface area contributed by atoms with Gasteiger partial charge in [0.2, 0.25) is 0 Å². The molecule has 1 N–H and O–H groups in total. The van der Waals surface area contributed by atoms with Crippen LogP contribution in [-0.2, 0) is 10.8 Å². The van der Waals surface area contributed by atoms with Gasteiger partial charge < -0.3 is 5.32 Å². The third-order valence-corrected chi connectivity index (χ3v) is 3.81. The predicted molar refractivity (Wildman–Crippen MR) is 68.6 cm³/mol. The van der Waals surface area contributed by atoms with Crippen LogP contribution < -0.4 is 5.32 Å². The fourth-order valence-corrected chi connectivity index (χ4v) is 2.02. The molecular formula is C10H16ClN3OS. The third kappa shape index (κ3) is 3.72. The fraction of sp³-hybridized carbons (Fsp3) is 0.600. The standard InChI is InChI=1S/C10H16ClN3OS/c1-4-16(15)6-5-12-10-7(2)9(11)13-8(3)14-10/h4-6H2,1-3H3,(H,12,13,14). The number of hydrogen-bond donors (Lipinski definition) is 1. The summed E-state index contributed by atoms with van der Waals surface area (Å²) >= 11 is 5.94. The van der Waals surface area contributed by atoms with Gasteiger partial charge in [-0.1, -0.05) is 18.5 Å². The lowest BCUT2D eigenvalue weighted by molar-refractivity contribution is 0.684. The van der Waals surface area contributed by atoms with Crippen molar-refractivity contribution in [2.24, 2.45) is 0 Å². The molecule has 1 aromatic rings. The van der Waals surface area contributed by atoms with E-state index in [0.717, 1.165) is 11.4 Å². The molecule has 6 heteroatoms. The lowest BCUT2D eigenvalue weighted by Crippen LogP contribution is -2.14. The molecule has 1 rings (SSSR count). The minimum absolute atomic E-state index is 0.464. The molecule has 0 aliphatic rings. The highest BCUT2D eigenvalue weighted by Gasteiger charge is 2.06. The summed E-state index contributed by atoms with van der Waals surface area (Å²) in [4.78, 5) is 8.30. The molecule has 0 bridgehead atoms. The SMILES string of the molecule is CCS(=O)CCNc1nc(C)nc(Cl)c1C. The molecule has 0 amide bonds. The van der Waals surface area contributed by atoms with Gasteiger partial charge >= 0.3 is 0 Å². The summed E-state index contributed by atoms with van der Waals surface area (Å²) in [7, 11) is -0.757. The largest absolute Gasteiger partial charge is 0.369 e. The van der Waals surface area contributed by atoms with Gasteiger partial charge in [0.15, 0.2) is 0 Å². The second kappa shape index (κ2) is 6.15. The van der Waals surface area contributed by atoms with E-state index in [1.54, 1.807) is 6.92 Å². The highest BCUT2D eigenvalue weighted by Crippen LogP contribution is 2.19. The van der Waals surface area contributed by atoms with Crippen LogP contribution in [0.1, 0.15) is 18.3 Å². The summed E-state index contributed by atoms with van der Waals surface area (Å²) in [5.74, 6) is 2.67. The Labute approximate surface area is 103 Å². The zero-order valence-electron chi connectivity index (χ0n) is 9.71. The zero-order chi connectivity index (χ0) is 12.1. The first-order chi connectivity index (χ1) is 7.54. The number of rotatable bonds is 5. The molecule has 1 atom stereocenters. The second-order valence-corrected chi connectivity index (χ2v) is 5.62. The minimum atomic E-state index is -0.757. The third-order valence-electron chi connectivity index (χ3n) is 2.14. The zero-order valence-corrected chi connectivity index (χ0v) is 11.3. The van der Waals surface area contributed by atoms with E-state index in [0.29, 0.717) is 29.0 Å². The molecule has 4 nitrogen and oxygen atoms in total. The quantitative estimate of drug-likeness (QED) is 0.823. The molecule has 90 valence electrons. The van der Waals surface area contributed by atoms with Gasteiger partial charge in [0, 0.05) is 34.4 Å². The Hall–Kier alpha value is -0.680. The van der Waals surface area contributed by atoms with Gasteiger partial charge in [-0.25, -0.2) is 9.97 Å². The summed E-state index contributed by atoms with van der Waals surface area (Å²) in [6.45, 7) is 6.20. The molecule has 1 unspecified atom stereocenters. The lowest BCUT2D eigenvalue weighted by atomic mass is 10.3. The number of nitrogens with one attached hydrogen (secondary N) is 1. The molecule has 0 aliphatic carbocycles. The Morgan fingerprint density at radius 2 is 2.06 bits per heavy atom. The average Bonchev–Trinajstić information content (AvgIpc) is 2.24. The van der Waals surface area contributed by atoms with E-state index in [9.17, 15) is 4.21 Å². The van der Waals surface area contributed by atoms with Crippen molar-refractivity contribution < 1.29 is 4.21 Å². The maximum Gasteiger partial charge on any atom is 0.137 e. The van der Waals surface area contributed by atoms with Crippen molar-refractivity contribution in [2.45, 2.75) is 20.8 Å². The van der Waals surface area contributed by atoms with E-state index < -0.39 is 10.8 Å². The first-order valence-electron chi connectivity index (χ1n) is 5.14. The van der Waals surface area contributed by atoms with Crippen LogP contribution in [0.3, 0.4) is 0 Å². The van der Waals surface area contributed by atoms with E-state index in [4.69, 9.17) is 11.6 Å². The Bertz CT molecular complexity index is 398. The van der Waals surface area contributed by atoms with Crippen LogP contribution >= 0.6 is 11.6 Å². The van der Waals surface area contributed by atoms with E-state index in [1.165, 1.54) is 0 Å². The van der Waals surface area contributed by atoms with Gasteiger partial charge in [-0.15, -0.1) is 0 Å². The highest BCUT2D eigenvalue weighted by atomic mass is 35.5. The fourth-order valence-electron chi connectivity index (χ4n) is 1.19. The van der Waals surface area contributed by atoms with Crippen LogP contribution in [0.4, 0.5) is 5.82 Å². The molecule has 0 saturated heterocycles. The summed E-state index contributed by atoms with van der Waals surface area (Å²) in [5.41, 5.74) is 0.828. The first-order valence-corrected chi connectivity index (χ1v) is 7.00. The Balaban J connectivity index is 2.63. The smallest absolute Gasteiger partial charge is 0.137 e. The second-order valence-electron chi connectivity index (χ2n) is 3.39.